The summed E-state index contributed by atoms with van der Waals surface area (Å²) in [4.78, 5) is 25.6. The number of fused-ring (bicyclic) bond motifs is 1. The van der Waals surface area contributed by atoms with Crippen molar-refractivity contribution >= 4 is 22.6 Å². The van der Waals surface area contributed by atoms with Crippen molar-refractivity contribution < 1.29 is 4.79 Å². The van der Waals surface area contributed by atoms with E-state index in [0.29, 0.717) is 5.92 Å². The van der Waals surface area contributed by atoms with Crippen LogP contribution in [0.3, 0.4) is 0 Å². The van der Waals surface area contributed by atoms with Gasteiger partial charge in [0.2, 0.25) is 5.91 Å². The van der Waals surface area contributed by atoms with E-state index in [9.17, 15) is 4.79 Å². The van der Waals surface area contributed by atoms with Crippen LogP contribution < -0.4 is 5.32 Å². The number of nitrogens with one attached hydrogen (secondary N) is 2. The number of H-pyrrole nitrogens is 1. The highest BCUT2D eigenvalue weighted by Crippen LogP contribution is 2.24. The molecule has 1 saturated heterocycles. The van der Waals surface area contributed by atoms with Gasteiger partial charge in [0.05, 0.1) is 23.6 Å². The lowest BCUT2D eigenvalue weighted by molar-refractivity contribution is -0.121. The van der Waals surface area contributed by atoms with E-state index in [1.165, 1.54) is 5.56 Å². The number of para-hydroxylation sites is 3. The number of piperazine rings is 1. The van der Waals surface area contributed by atoms with Gasteiger partial charge in [-0.05, 0) is 36.6 Å². The van der Waals surface area contributed by atoms with Crippen molar-refractivity contribution in [1.82, 2.24) is 19.8 Å². The second-order valence-electron chi connectivity index (χ2n) is 8.42. The highest BCUT2D eigenvalue weighted by molar-refractivity contribution is 5.95. The minimum atomic E-state index is -0.154. The number of hydrogen-bond donors (Lipinski definition) is 2. The number of amides is 1. The fourth-order valence-electron chi connectivity index (χ4n) is 4.12. The van der Waals surface area contributed by atoms with E-state index in [0.717, 1.165) is 55.3 Å². The Hall–Kier alpha value is -2.70. The Labute approximate surface area is 178 Å². The first kappa shape index (κ1) is 20.6. The van der Waals surface area contributed by atoms with Gasteiger partial charge < -0.3 is 10.3 Å². The second-order valence-corrected chi connectivity index (χ2v) is 8.42. The van der Waals surface area contributed by atoms with Crippen LogP contribution in [0.2, 0.25) is 0 Å². The molecule has 6 nitrogen and oxygen atoms in total. The minimum Gasteiger partial charge on any atom is -0.341 e. The zero-order valence-electron chi connectivity index (χ0n) is 18.1. The van der Waals surface area contributed by atoms with E-state index < -0.39 is 0 Å². The Kier molecular flexibility index (Phi) is 6.16. The van der Waals surface area contributed by atoms with Crippen LogP contribution in [0, 0.1) is 0 Å². The summed E-state index contributed by atoms with van der Waals surface area (Å²) in [5.41, 5.74) is 4.19. The van der Waals surface area contributed by atoms with Gasteiger partial charge in [0.25, 0.3) is 0 Å². The molecule has 6 heteroatoms. The molecular formula is C24H31N5O. The highest BCUT2D eigenvalue weighted by atomic mass is 16.2. The van der Waals surface area contributed by atoms with Crippen LogP contribution in [0.1, 0.15) is 38.1 Å². The Morgan fingerprint density at radius 3 is 2.47 bits per heavy atom. The Balaban J connectivity index is 1.31. The summed E-state index contributed by atoms with van der Waals surface area (Å²) in [5, 5.41) is 3.15. The first-order valence-electron chi connectivity index (χ1n) is 10.8. The van der Waals surface area contributed by atoms with Crippen LogP contribution in [0.5, 0.6) is 0 Å². The van der Waals surface area contributed by atoms with E-state index in [-0.39, 0.29) is 11.9 Å². The summed E-state index contributed by atoms with van der Waals surface area (Å²) in [7, 11) is 0. The molecule has 1 aliphatic rings. The average Bonchev–Trinajstić information content (AvgIpc) is 3.16. The zero-order valence-corrected chi connectivity index (χ0v) is 18.1. The van der Waals surface area contributed by atoms with Gasteiger partial charge in [-0.25, -0.2) is 4.98 Å². The summed E-state index contributed by atoms with van der Waals surface area (Å²) in [6, 6.07) is 16.0. The molecule has 2 aromatic carbocycles. The molecular weight excluding hydrogens is 374 g/mol. The number of aromatic nitrogens is 2. The van der Waals surface area contributed by atoms with Crippen molar-refractivity contribution in [3.8, 4) is 0 Å². The lowest BCUT2D eigenvalue weighted by Crippen LogP contribution is -2.52. The van der Waals surface area contributed by atoms with Crippen LogP contribution in [0.4, 0.5) is 5.69 Å². The molecule has 1 aliphatic heterocycles. The smallest absolute Gasteiger partial charge is 0.241 e. The maximum Gasteiger partial charge on any atom is 0.241 e. The van der Waals surface area contributed by atoms with Crippen molar-refractivity contribution in [2.45, 2.75) is 39.3 Å². The normalized spacial score (nSPS) is 16.8. The first-order chi connectivity index (χ1) is 14.5. The van der Waals surface area contributed by atoms with Crippen LogP contribution >= 0.6 is 0 Å². The summed E-state index contributed by atoms with van der Waals surface area (Å²) >= 11 is 0. The Bertz CT molecular complexity index is 971. The molecule has 158 valence electrons. The van der Waals surface area contributed by atoms with Crippen molar-refractivity contribution in [2.24, 2.45) is 0 Å². The summed E-state index contributed by atoms with van der Waals surface area (Å²) < 4.78 is 0. The van der Waals surface area contributed by atoms with Crippen LogP contribution in [0.15, 0.2) is 48.5 Å². The lowest BCUT2D eigenvalue weighted by Gasteiger charge is -2.37. The molecule has 0 aliphatic carbocycles. The molecule has 0 saturated carbocycles. The molecule has 0 spiro atoms. The average molecular weight is 406 g/mol. The third-order valence-corrected chi connectivity index (χ3v) is 5.99. The van der Waals surface area contributed by atoms with Crippen LogP contribution in [0.25, 0.3) is 11.0 Å². The molecule has 2 heterocycles. The molecule has 4 rings (SSSR count). The minimum absolute atomic E-state index is 0.0637. The maximum absolute atomic E-state index is 12.9. The highest BCUT2D eigenvalue weighted by Gasteiger charge is 2.26. The van der Waals surface area contributed by atoms with Gasteiger partial charge in [0.15, 0.2) is 0 Å². The fourth-order valence-corrected chi connectivity index (χ4v) is 4.12. The fraction of sp³-hybridized carbons (Fsp3) is 0.417. The predicted molar refractivity (Wildman–Crippen MR) is 122 cm³/mol. The summed E-state index contributed by atoms with van der Waals surface area (Å²) in [5.74, 6) is 1.44. The van der Waals surface area contributed by atoms with E-state index in [1.54, 1.807) is 0 Å². The predicted octanol–water partition coefficient (Wildman–Crippen LogP) is 3.83. The number of aromatic amines is 1. The van der Waals surface area contributed by atoms with E-state index in [4.69, 9.17) is 0 Å². The number of anilines is 1. The van der Waals surface area contributed by atoms with Crippen molar-refractivity contribution in [2.75, 3.05) is 31.5 Å². The van der Waals surface area contributed by atoms with Crippen molar-refractivity contribution in [3.63, 3.8) is 0 Å². The first-order valence-corrected chi connectivity index (χ1v) is 10.8. The Morgan fingerprint density at radius 2 is 1.73 bits per heavy atom. The monoisotopic (exact) mass is 405 g/mol. The third kappa shape index (κ3) is 4.55. The third-order valence-electron chi connectivity index (χ3n) is 5.99. The van der Waals surface area contributed by atoms with Gasteiger partial charge in [-0.3, -0.25) is 14.6 Å². The SMILES string of the molecule is CC(C)c1ccccc1NC(=O)[C@H](C)N1CCN(Cc2nc3ccccc3[nH]2)CC1. The largest absolute Gasteiger partial charge is 0.341 e. The van der Waals surface area contributed by atoms with Gasteiger partial charge in [-0.1, -0.05) is 44.2 Å². The number of carbonyl (C=O) groups excluding carboxylic acids is 1. The van der Waals surface area contributed by atoms with Crippen LogP contribution in [-0.2, 0) is 11.3 Å². The zero-order chi connectivity index (χ0) is 21.1. The summed E-state index contributed by atoms with van der Waals surface area (Å²) in [6.45, 7) is 10.7. The van der Waals surface area contributed by atoms with E-state index >= 15 is 0 Å². The van der Waals surface area contributed by atoms with Crippen molar-refractivity contribution in [3.05, 3.63) is 59.9 Å². The van der Waals surface area contributed by atoms with Crippen LogP contribution in [-0.4, -0.2) is 57.9 Å². The van der Waals surface area contributed by atoms with Gasteiger partial charge in [0.1, 0.15) is 5.82 Å². The molecule has 3 aromatic rings. The van der Waals surface area contributed by atoms with Crippen molar-refractivity contribution in [1.29, 1.82) is 0 Å². The summed E-state index contributed by atoms with van der Waals surface area (Å²) in [6.07, 6.45) is 0. The van der Waals surface area contributed by atoms with Gasteiger partial charge in [0, 0.05) is 31.9 Å². The molecule has 30 heavy (non-hydrogen) atoms. The van der Waals surface area contributed by atoms with Gasteiger partial charge in [-0.2, -0.15) is 0 Å². The van der Waals surface area contributed by atoms with Gasteiger partial charge in [-0.15, -0.1) is 0 Å². The topological polar surface area (TPSA) is 64.3 Å². The van der Waals surface area contributed by atoms with Gasteiger partial charge >= 0.3 is 0 Å². The number of imidazole rings is 1. The molecule has 0 radical (unpaired) electrons. The number of nitrogens with zero attached hydrogens (tertiary/aromatic N) is 3. The molecule has 1 atom stereocenters. The lowest BCUT2D eigenvalue weighted by atomic mass is 10.0. The standard InChI is InChI=1S/C24H31N5O/c1-17(2)19-8-4-5-9-20(19)27-24(30)18(3)29-14-12-28(13-15-29)16-23-25-21-10-6-7-11-22(21)26-23/h4-11,17-18H,12-16H2,1-3H3,(H,25,26)(H,27,30)/t18-/m0/s1. The quantitative estimate of drug-likeness (QED) is 0.654. The number of hydrogen-bond acceptors (Lipinski definition) is 4. The Morgan fingerprint density at radius 1 is 1.03 bits per heavy atom. The molecule has 0 unspecified atom stereocenters. The van der Waals surface area contributed by atoms with E-state index in [2.05, 4.69) is 51.1 Å². The maximum atomic E-state index is 12.9. The molecule has 1 fully saturated rings. The van der Waals surface area contributed by atoms with E-state index in [1.807, 2.05) is 43.3 Å². The second kappa shape index (κ2) is 8.98. The molecule has 0 bridgehead atoms. The number of carbonyl (C=O) groups is 1. The molecule has 1 amide bonds. The molecule has 2 N–H and O–H groups in total. The number of benzene rings is 2. The number of rotatable bonds is 6. The molecule has 1 aromatic heterocycles.